The molecule has 1 aromatic heterocycles. The molecular formula is C13H21N3OS. The highest BCUT2D eigenvalue weighted by Crippen LogP contribution is 2.25. The van der Waals surface area contributed by atoms with Crippen LogP contribution in [0.1, 0.15) is 36.7 Å². The van der Waals surface area contributed by atoms with E-state index in [1.165, 1.54) is 18.6 Å². The number of thioether (sulfide) groups is 1. The number of aromatic nitrogens is 1. The second-order valence-corrected chi connectivity index (χ2v) is 6.11. The van der Waals surface area contributed by atoms with Crippen LogP contribution in [0.15, 0.2) is 12.3 Å². The molecule has 1 amide bonds. The van der Waals surface area contributed by atoms with E-state index in [1.807, 2.05) is 22.5 Å². The quantitative estimate of drug-likeness (QED) is 0.859. The number of hydrogen-bond donors (Lipinski definition) is 2. The van der Waals surface area contributed by atoms with Crippen LogP contribution in [-0.4, -0.2) is 28.0 Å². The lowest BCUT2D eigenvalue weighted by Gasteiger charge is -2.11. The maximum absolute atomic E-state index is 12.1. The van der Waals surface area contributed by atoms with Crippen LogP contribution in [0, 0.1) is 0 Å². The maximum Gasteiger partial charge on any atom is 0.268 e. The summed E-state index contributed by atoms with van der Waals surface area (Å²) in [5, 5.41) is 3.60. The molecule has 0 spiro atoms. The average Bonchev–Trinajstić information content (AvgIpc) is 2.96. The average molecular weight is 267 g/mol. The van der Waals surface area contributed by atoms with Crippen molar-refractivity contribution in [1.82, 2.24) is 9.88 Å². The smallest absolute Gasteiger partial charge is 0.268 e. The SMILES string of the molecule is CCCn1cc(N)cc1C(=O)NCC1CCCS1. The standard InChI is InChI=1S/C13H21N3OS/c1-2-5-16-9-10(14)7-12(16)13(17)15-8-11-4-3-6-18-11/h7,9,11H,2-6,8,14H2,1H3,(H,15,17). The Bertz CT molecular complexity index is 410. The van der Waals surface area contributed by atoms with E-state index in [0.717, 1.165) is 19.5 Å². The molecule has 2 rings (SSSR count). The molecule has 1 fully saturated rings. The van der Waals surface area contributed by atoms with E-state index in [9.17, 15) is 4.79 Å². The zero-order chi connectivity index (χ0) is 13.0. The van der Waals surface area contributed by atoms with Gasteiger partial charge in [0, 0.05) is 24.5 Å². The summed E-state index contributed by atoms with van der Waals surface area (Å²) >= 11 is 1.95. The third-order valence-electron chi connectivity index (χ3n) is 3.13. The van der Waals surface area contributed by atoms with Gasteiger partial charge in [0.2, 0.25) is 0 Å². The van der Waals surface area contributed by atoms with Crippen LogP contribution in [0.3, 0.4) is 0 Å². The topological polar surface area (TPSA) is 60.0 Å². The normalized spacial score (nSPS) is 19.1. The Hall–Kier alpha value is -1.10. The van der Waals surface area contributed by atoms with E-state index in [0.29, 0.717) is 16.6 Å². The summed E-state index contributed by atoms with van der Waals surface area (Å²) in [6.45, 7) is 3.69. The molecule has 1 atom stereocenters. The van der Waals surface area contributed by atoms with Gasteiger partial charge in [0.1, 0.15) is 5.69 Å². The molecule has 1 unspecified atom stereocenters. The van der Waals surface area contributed by atoms with Gasteiger partial charge in [-0.05, 0) is 31.1 Å². The molecule has 0 saturated carbocycles. The molecule has 1 aromatic rings. The predicted octanol–water partition coefficient (Wildman–Crippen LogP) is 2.11. The number of carbonyl (C=O) groups is 1. The molecule has 0 bridgehead atoms. The number of aryl methyl sites for hydroxylation is 1. The van der Waals surface area contributed by atoms with Gasteiger partial charge >= 0.3 is 0 Å². The zero-order valence-electron chi connectivity index (χ0n) is 10.8. The van der Waals surface area contributed by atoms with Crippen molar-refractivity contribution in [2.45, 2.75) is 38.0 Å². The van der Waals surface area contributed by atoms with Gasteiger partial charge in [-0.3, -0.25) is 4.79 Å². The molecule has 100 valence electrons. The third kappa shape index (κ3) is 3.22. The van der Waals surface area contributed by atoms with Crippen molar-refractivity contribution < 1.29 is 4.79 Å². The minimum atomic E-state index is -0.00681. The van der Waals surface area contributed by atoms with Gasteiger partial charge < -0.3 is 15.6 Å². The molecule has 4 nitrogen and oxygen atoms in total. The van der Waals surface area contributed by atoms with Crippen LogP contribution >= 0.6 is 11.8 Å². The Kier molecular flexibility index (Phi) is 4.58. The van der Waals surface area contributed by atoms with E-state index < -0.39 is 0 Å². The Morgan fingerprint density at radius 1 is 1.67 bits per heavy atom. The number of nitrogens with zero attached hydrogens (tertiary/aromatic N) is 1. The minimum absolute atomic E-state index is 0.00681. The summed E-state index contributed by atoms with van der Waals surface area (Å²) < 4.78 is 1.94. The number of nitrogens with two attached hydrogens (primary N) is 1. The summed E-state index contributed by atoms with van der Waals surface area (Å²) in [5.74, 6) is 1.22. The van der Waals surface area contributed by atoms with Gasteiger partial charge in [-0.15, -0.1) is 0 Å². The molecule has 0 aliphatic carbocycles. The molecule has 18 heavy (non-hydrogen) atoms. The molecule has 1 saturated heterocycles. The Labute approximate surface area is 112 Å². The number of hydrogen-bond acceptors (Lipinski definition) is 3. The fourth-order valence-electron chi connectivity index (χ4n) is 2.25. The Morgan fingerprint density at radius 2 is 2.50 bits per heavy atom. The lowest BCUT2D eigenvalue weighted by molar-refractivity contribution is 0.0944. The van der Waals surface area contributed by atoms with Gasteiger partial charge in [-0.1, -0.05) is 6.92 Å². The fraction of sp³-hybridized carbons (Fsp3) is 0.615. The Morgan fingerprint density at radius 3 is 3.17 bits per heavy atom. The number of amides is 1. The second-order valence-electron chi connectivity index (χ2n) is 4.70. The highest BCUT2D eigenvalue weighted by Gasteiger charge is 2.18. The van der Waals surface area contributed by atoms with Gasteiger partial charge in [0.25, 0.3) is 5.91 Å². The molecule has 0 radical (unpaired) electrons. The van der Waals surface area contributed by atoms with Gasteiger partial charge in [-0.2, -0.15) is 11.8 Å². The highest BCUT2D eigenvalue weighted by atomic mass is 32.2. The first-order chi connectivity index (χ1) is 8.70. The summed E-state index contributed by atoms with van der Waals surface area (Å²) in [4.78, 5) is 12.1. The summed E-state index contributed by atoms with van der Waals surface area (Å²) in [7, 11) is 0. The van der Waals surface area contributed by atoms with E-state index in [4.69, 9.17) is 5.73 Å². The lowest BCUT2D eigenvalue weighted by atomic mass is 10.2. The van der Waals surface area contributed by atoms with Crippen molar-refractivity contribution in [3.05, 3.63) is 18.0 Å². The Balaban J connectivity index is 1.94. The first kappa shape index (κ1) is 13.3. The number of rotatable bonds is 5. The van der Waals surface area contributed by atoms with E-state index in [-0.39, 0.29) is 5.91 Å². The van der Waals surface area contributed by atoms with Crippen LogP contribution in [0.4, 0.5) is 5.69 Å². The first-order valence-corrected chi connectivity index (χ1v) is 7.61. The summed E-state index contributed by atoms with van der Waals surface area (Å²) in [5.41, 5.74) is 7.10. The second kappa shape index (κ2) is 6.18. The van der Waals surface area contributed by atoms with Crippen molar-refractivity contribution >= 4 is 23.4 Å². The predicted molar refractivity (Wildman–Crippen MR) is 76.9 cm³/mol. The largest absolute Gasteiger partial charge is 0.397 e. The van der Waals surface area contributed by atoms with Crippen molar-refractivity contribution in [3.63, 3.8) is 0 Å². The summed E-state index contributed by atoms with van der Waals surface area (Å²) in [6.07, 6.45) is 5.31. The van der Waals surface area contributed by atoms with E-state index in [2.05, 4.69) is 12.2 Å². The highest BCUT2D eigenvalue weighted by molar-refractivity contribution is 8.00. The number of nitrogens with one attached hydrogen (secondary N) is 1. The minimum Gasteiger partial charge on any atom is -0.397 e. The summed E-state index contributed by atoms with van der Waals surface area (Å²) in [6, 6.07) is 1.76. The van der Waals surface area contributed by atoms with Crippen molar-refractivity contribution in [2.75, 3.05) is 18.0 Å². The van der Waals surface area contributed by atoms with Gasteiger partial charge in [-0.25, -0.2) is 0 Å². The molecule has 0 aromatic carbocycles. The molecule has 3 N–H and O–H groups in total. The van der Waals surface area contributed by atoms with Crippen LogP contribution in [0.2, 0.25) is 0 Å². The molecule has 1 aliphatic heterocycles. The van der Waals surface area contributed by atoms with Crippen molar-refractivity contribution in [2.24, 2.45) is 0 Å². The van der Waals surface area contributed by atoms with E-state index >= 15 is 0 Å². The zero-order valence-corrected chi connectivity index (χ0v) is 11.6. The molecule has 5 heteroatoms. The first-order valence-electron chi connectivity index (χ1n) is 6.56. The molecule has 2 heterocycles. The van der Waals surface area contributed by atoms with Crippen LogP contribution in [-0.2, 0) is 6.54 Å². The number of nitrogen functional groups attached to an aromatic ring is 1. The van der Waals surface area contributed by atoms with E-state index in [1.54, 1.807) is 6.07 Å². The maximum atomic E-state index is 12.1. The lowest BCUT2D eigenvalue weighted by Crippen LogP contribution is -2.31. The van der Waals surface area contributed by atoms with Crippen LogP contribution in [0.5, 0.6) is 0 Å². The molecule has 1 aliphatic rings. The number of carbonyl (C=O) groups excluding carboxylic acids is 1. The van der Waals surface area contributed by atoms with Crippen molar-refractivity contribution in [3.8, 4) is 0 Å². The van der Waals surface area contributed by atoms with Gasteiger partial charge in [0.15, 0.2) is 0 Å². The van der Waals surface area contributed by atoms with Crippen LogP contribution in [0.25, 0.3) is 0 Å². The van der Waals surface area contributed by atoms with Crippen molar-refractivity contribution in [1.29, 1.82) is 0 Å². The third-order valence-corrected chi connectivity index (χ3v) is 4.53. The fourth-order valence-corrected chi connectivity index (χ4v) is 3.45. The number of anilines is 1. The molecular weight excluding hydrogens is 246 g/mol. The van der Waals surface area contributed by atoms with Crippen LogP contribution < -0.4 is 11.1 Å². The van der Waals surface area contributed by atoms with Gasteiger partial charge in [0.05, 0.1) is 5.69 Å². The monoisotopic (exact) mass is 267 g/mol.